The van der Waals surface area contributed by atoms with Crippen molar-refractivity contribution < 1.29 is 14.7 Å². The Morgan fingerprint density at radius 1 is 1.39 bits per heavy atom. The number of nitrogens with one attached hydrogen (secondary N) is 1. The van der Waals surface area contributed by atoms with Crippen molar-refractivity contribution in [3.8, 4) is 0 Å². The van der Waals surface area contributed by atoms with Crippen LogP contribution in [0.3, 0.4) is 0 Å². The van der Waals surface area contributed by atoms with Crippen molar-refractivity contribution in [1.29, 1.82) is 0 Å². The van der Waals surface area contributed by atoms with Crippen LogP contribution in [0.15, 0.2) is 11.4 Å². The molecule has 4 nitrogen and oxygen atoms in total. The lowest BCUT2D eigenvalue weighted by molar-refractivity contribution is -0.140. The molecule has 0 radical (unpaired) electrons. The molecule has 96 valence electrons. The highest BCUT2D eigenvalue weighted by molar-refractivity contribution is 7.10. The summed E-state index contributed by atoms with van der Waals surface area (Å²) >= 11 is 1.74. The second-order valence-corrected chi connectivity index (χ2v) is 6.04. The molecule has 1 aromatic rings. The summed E-state index contributed by atoms with van der Waals surface area (Å²) in [5, 5.41) is 13.9. The van der Waals surface area contributed by atoms with Crippen molar-refractivity contribution in [2.45, 2.75) is 31.7 Å². The van der Waals surface area contributed by atoms with E-state index in [1.807, 2.05) is 0 Å². The first-order valence-corrected chi connectivity index (χ1v) is 7.14. The summed E-state index contributed by atoms with van der Waals surface area (Å²) in [6.07, 6.45) is 3.64. The Hall–Kier alpha value is -1.36. The number of hydrogen-bond donors (Lipinski definition) is 2. The summed E-state index contributed by atoms with van der Waals surface area (Å²) < 4.78 is 0. The topological polar surface area (TPSA) is 66.4 Å². The SMILES string of the molecule is O=C(O)[C@H]1C[C@H]1C(=O)NC1CCCc2sccc21. The molecule has 0 spiro atoms. The number of carbonyl (C=O) groups excluding carboxylic acids is 1. The molecular weight excluding hydrogens is 250 g/mol. The summed E-state index contributed by atoms with van der Waals surface area (Å²) in [6.45, 7) is 0. The van der Waals surface area contributed by atoms with E-state index in [2.05, 4.69) is 16.8 Å². The van der Waals surface area contributed by atoms with Crippen molar-refractivity contribution in [3.63, 3.8) is 0 Å². The number of carbonyl (C=O) groups is 2. The van der Waals surface area contributed by atoms with Crippen LogP contribution >= 0.6 is 11.3 Å². The lowest BCUT2D eigenvalue weighted by atomic mass is 9.94. The molecule has 1 saturated carbocycles. The summed E-state index contributed by atoms with van der Waals surface area (Å²) in [5.74, 6) is -1.72. The van der Waals surface area contributed by atoms with Gasteiger partial charge in [0.05, 0.1) is 17.9 Å². The number of fused-ring (bicyclic) bond motifs is 1. The quantitative estimate of drug-likeness (QED) is 0.878. The molecule has 3 atom stereocenters. The second kappa shape index (κ2) is 4.39. The highest BCUT2D eigenvalue weighted by Gasteiger charge is 2.48. The maximum Gasteiger partial charge on any atom is 0.307 e. The van der Waals surface area contributed by atoms with Crippen molar-refractivity contribution in [3.05, 3.63) is 21.9 Å². The van der Waals surface area contributed by atoms with E-state index in [0.29, 0.717) is 6.42 Å². The van der Waals surface area contributed by atoms with Gasteiger partial charge < -0.3 is 10.4 Å². The van der Waals surface area contributed by atoms with Gasteiger partial charge in [-0.05, 0) is 42.7 Å². The normalized spacial score (nSPS) is 29.4. The van der Waals surface area contributed by atoms with Crippen LogP contribution in [0.5, 0.6) is 0 Å². The Kier molecular flexibility index (Phi) is 2.86. The Morgan fingerprint density at radius 3 is 2.94 bits per heavy atom. The van der Waals surface area contributed by atoms with Gasteiger partial charge in [-0.25, -0.2) is 0 Å². The molecule has 0 bridgehead atoms. The number of rotatable bonds is 3. The second-order valence-electron chi connectivity index (χ2n) is 5.04. The molecule has 1 amide bonds. The summed E-state index contributed by atoms with van der Waals surface area (Å²) in [4.78, 5) is 24.1. The van der Waals surface area contributed by atoms with Gasteiger partial charge in [0.2, 0.25) is 5.91 Å². The maximum atomic E-state index is 11.9. The van der Waals surface area contributed by atoms with Crippen LogP contribution in [0.4, 0.5) is 0 Å². The fourth-order valence-electron chi connectivity index (χ4n) is 2.67. The van der Waals surface area contributed by atoms with Crippen LogP contribution in [0.1, 0.15) is 35.7 Å². The number of amides is 1. The van der Waals surface area contributed by atoms with Crippen LogP contribution in [-0.2, 0) is 16.0 Å². The smallest absolute Gasteiger partial charge is 0.307 e. The van der Waals surface area contributed by atoms with Gasteiger partial charge in [0.1, 0.15) is 0 Å². The number of aliphatic carboxylic acids is 1. The zero-order valence-electron chi connectivity index (χ0n) is 9.89. The van der Waals surface area contributed by atoms with Crippen molar-refractivity contribution in [1.82, 2.24) is 5.32 Å². The first-order chi connectivity index (χ1) is 8.66. The fraction of sp³-hybridized carbons (Fsp3) is 0.538. The molecular formula is C13H15NO3S. The van der Waals surface area contributed by atoms with Crippen molar-refractivity contribution >= 4 is 23.2 Å². The van der Waals surface area contributed by atoms with Crippen molar-refractivity contribution in [2.75, 3.05) is 0 Å². The van der Waals surface area contributed by atoms with Crippen LogP contribution < -0.4 is 5.32 Å². The lowest BCUT2D eigenvalue weighted by Crippen LogP contribution is -2.32. The van der Waals surface area contributed by atoms with Crippen molar-refractivity contribution in [2.24, 2.45) is 11.8 Å². The van der Waals surface area contributed by atoms with E-state index in [0.717, 1.165) is 19.3 Å². The van der Waals surface area contributed by atoms with Gasteiger partial charge in [0.15, 0.2) is 0 Å². The van der Waals surface area contributed by atoms with Crippen LogP contribution in [0.25, 0.3) is 0 Å². The van der Waals surface area contributed by atoms with Crippen LogP contribution in [0, 0.1) is 11.8 Å². The van der Waals surface area contributed by atoms with Gasteiger partial charge in [-0.15, -0.1) is 11.3 Å². The number of aryl methyl sites for hydroxylation is 1. The van der Waals surface area contributed by atoms with Crippen LogP contribution in [0.2, 0.25) is 0 Å². The Morgan fingerprint density at radius 2 is 2.22 bits per heavy atom. The van der Waals surface area contributed by atoms with E-state index in [4.69, 9.17) is 5.11 Å². The zero-order chi connectivity index (χ0) is 12.7. The number of carboxylic acid groups (broad SMARTS) is 1. The predicted molar refractivity (Wildman–Crippen MR) is 67.4 cm³/mol. The van der Waals surface area contributed by atoms with E-state index >= 15 is 0 Å². The average Bonchev–Trinajstić information content (AvgIpc) is 3.01. The summed E-state index contributed by atoms with van der Waals surface area (Å²) in [5.41, 5.74) is 1.23. The minimum atomic E-state index is -0.852. The van der Waals surface area contributed by atoms with Gasteiger partial charge in [0.25, 0.3) is 0 Å². The summed E-state index contributed by atoms with van der Waals surface area (Å²) in [7, 11) is 0. The fourth-order valence-corrected chi connectivity index (χ4v) is 3.66. The monoisotopic (exact) mass is 265 g/mol. The molecule has 0 aromatic carbocycles. The zero-order valence-corrected chi connectivity index (χ0v) is 10.7. The van der Waals surface area contributed by atoms with E-state index < -0.39 is 11.9 Å². The van der Waals surface area contributed by atoms with Gasteiger partial charge in [-0.1, -0.05) is 0 Å². The van der Waals surface area contributed by atoms with Gasteiger partial charge >= 0.3 is 5.97 Å². The molecule has 1 heterocycles. The van der Waals surface area contributed by atoms with E-state index in [1.165, 1.54) is 10.4 Å². The molecule has 18 heavy (non-hydrogen) atoms. The minimum absolute atomic E-state index is 0.0857. The maximum absolute atomic E-state index is 11.9. The van der Waals surface area contributed by atoms with Crippen LogP contribution in [-0.4, -0.2) is 17.0 Å². The number of carboxylic acids is 1. The molecule has 0 saturated heterocycles. The average molecular weight is 265 g/mol. The first kappa shape index (κ1) is 11.7. The predicted octanol–water partition coefficient (Wildman–Crippen LogP) is 1.96. The standard InChI is InChI=1S/C13H15NO3S/c15-12(8-6-9(8)13(16)17)14-10-2-1-3-11-7(10)4-5-18-11/h4-5,8-10H,1-3,6H2,(H,14,15)(H,16,17)/t8-,9+,10?/m1/s1. The molecule has 2 aliphatic rings. The third-order valence-corrected chi connectivity index (χ3v) is 4.81. The van der Waals surface area contributed by atoms with Gasteiger partial charge in [0, 0.05) is 4.88 Å². The third kappa shape index (κ3) is 2.03. The number of thiophene rings is 1. The molecule has 2 aliphatic carbocycles. The number of hydrogen-bond acceptors (Lipinski definition) is 3. The van der Waals surface area contributed by atoms with E-state index in [9.17, 15) is 9.59 Å². The van der Waals surface area contributed by atoms with Gasteiger partial charge in [-0.3, -0.25) is 9.59 Å². The van der Waals surface area contributed by atoms with E-state index in [-0.39, 0.29) is 17.9 Å². The highest BCUT2D eigenvalue weighted by Crippen LogP contribution is 2.40. The highest BCUT2D eigenvalue weighted by atomic mass is 32.1. The summed E-state index contributed by atoms with van der Waals surface area (Å²) in [6, 6.07) is 2.16. The van der Waals surface area contributed by atoms with E-state index in [1.54, 1.807) is 11.3 Å². The van der Waals surface area contributed by atoms with Gasteiger partial charge in [-0.2, -0.15) is 0 Å². The largest absolute Gasteiger partial charge is 0.481 e. The Labute approximate surface area is 109 Å². The minimum Gasteiger partial charge on any atom is -0.481 e. The molecule has 2 N–H and O–H groups in total. The molecule has 3 rings (SSSR count). The Balaban J connectivity index is 1.65. The molecule has 1 fully saturated rings. The molecule has 1 unspecified atom stereocenters. The third-order valence-electron chi connectivity index (χ3n) is 3.81. The Bertz CT molecular complexity index is 496. The molecule has 5 heteroatoms. The molecule has 0 aliphatic heterocycles. The lowest BCUT2D eigenvalue weighted by Gasteiger charge is -2.23. The molecule has 1 aromatic heterocycles. The first-order valence-electron chi connectivity index (χ1n) is 6.26.